The van der Waals surface area contributed by atoms with E-state index in [9.17, 15) is 4.79 Å². The molecule has 0 saturated carbocycles. The minimum absolute atomic E-state index is 0.198. The lowest BCUT2D eigenvalue weighted by molar-refractivity contribution is 0.0951. The van der Waals surface area contributed by atoms with E-state index in [1.165, 1.54) is 0 Å². The first-order chi connectivity index (χ1) is 16.2. The summed E-state index contributed by atoms with van der Waals surface area (Å²) in [5.41, 5.74) is 2.51. The van der Waals surface area contributed by atoms with Gasteiger partial charge in [0.1, 0.15) is 11.6 Å². The van der Waals surface area contributed by atoms with Crippen LogP contribution < -0.4 is 24.8 Å². The highest BCUT2D eigenvalue weighted by Gasteiger charge is 2.13. The number of nitrogens with one attached hydrogen (secondary N) is 2. The number of hydrogen-bond acceptors (Lipinski definition) is 6. The standard InChI is InChI=1S/C26H31N3O4/c1-4-32-23-13-12-19(17-24(23)33-5-2)14-16-28-25-21(10-8-15-27-25)26(30)29-18-20-9-6-7-11-22(20)31-3/h6-13,15,17H,4-5,14,16,18H2,1-3H3,(H,27,28)(H,29,30). The lowest BCUT2D eigenvalue weighted by atomic mass is 10.1. The lowest BCUT2D eigenvalue weighted by Gasteiger charge is -2.14. The third-order valence-electron chi connectivity index (χ3n) is 5.00. The predicted molar refractivity (Wildman–Crippen MR) is 129 cm³/mol. The highest BCUT2D eigenvalue weighted by molar-refractivity contribution is 5.98. The van der Waals surface area contributed by atoms with Crippen molar-refractivity contribution in [3.05, 3.63) is 77.5 Å². The topological polar surface area (TPSA) is 81.7 Å². The molecule has 2 N–H and O–H groups in total. The van der Waals surface area contributed by atoms with Crippen LogP contribution in [0.5, 0.6) is 17.2 Å². The molecule has 0 atom stereocenters. The molecular weight excluding hydrogens is 418 g/mol. The van der Waals surface area contributed by atoms with Crippen LogP contribution in [-0.4, -0.2) is 37.8 Å². The fourth-order valence-corrected chi connectivity index (χ4v) is 3.43. The summed E-state index contributed by atoms with van der Waals surface area (Å²) in [6, 6.07) is 17.1. The molecule has 33 heavy (non-hydrogen) atoms. The van der Waals surface area contributed by atoms with Gasteiger partial charge < -0.3 is 24.8 Å². The second kappa shape index (κ2) is 12.3. The van der Waals surface area contributed by atoms with Crippen molar-refractivity contribution >= 4 is 11.7 Å². The summed E-state index contributed by atoms with van der Waals surface area (Å²) in [6.45, 7) is 6.04. The first kappa shape index (κ1) is 23.9. The number of amides is 1. The molecule has 0 saturated heterocycles. The number of rotatable bonds is 12. The number of anilines is 1. The highest BCUT2D eigenvalue weighted by Crippen LogP contribution is 2.28. The number of benzene rings is 2. The van der Waals surface area contributed by atoms with Crippen LogP contribution >= 0.6 is 0 Å². The van der Waals surface area contributed by atoms with Gasteiger partial charge in [0.05, 0.1) is 25.9 Å². The van der Waals surface area contributed by atoms with Crippen molar-refractivity contribution in [3.8, 4) is 17.2 Å². The van der Waals surface area contributed by atoms with Gasteiger partial charge in [0, 0.05) is 24.8 Å². The molecule has 0 bridgehead atoms. The van der Waals surface area contributed by atoms with Gasteiger partial charge in [-0.25, -0.2) is 4.98 Å². The van der Waals surface area contributed by atoms with Gasteiger partial charge in [-0.15, -0.1) is 0 Å². The van der Waals surface area contributed by atoms with Crippen LogP contribution in [0, 0.1) is 0 Å². The summed E-state index contributed by atoms with van der Waals surface area (Å²) in [4.78, 5) is 17.2. The molecule has 1 aromatic heterocycles. The van der Waals surface area contributed by atoms with Crippen LogP contribution in [0.4, 0.5) is 5.82 Å². The number of aromatic nitrogens is 1. The van der Waals surface area contributed by atoms with Gasteiger partial charge in [-0.2, -0.15) is 0 Å². The number of pyridine rings is 1. The van der Waals surface area contributed by atoms with Gasteiger partial charge >= 0.3 is 0 Å². The lowest BCUT2D eigenvalue weighted by Crippen LogP contribution is -2.24. The molecule has 2 aromatic carbocycles. The monoisotopic (exact) mass is 449 g/mol. The number of ether oxygens (including phenoxy) is 3. The van der Waals surface area contributed by atoms with Gasteiger partial charge in [-0.1, -0.05) is 24.3 Å². The normalized spacial score (nSPS) is 10.4. The number of carbonyl (C=O) groups excluding carboxylic acids is 1. The molecular formula is C26H31N3O4. The Labute approximate surface area is 195 Å². The SMILES string of the molecule is CCOc1ccc(CCNc2ncccc2C(=O)NCc2ccccc2OC)cc1OCC. The minimum atomic E-state index is -0.198. The van der Waals surface area contributed by atoms with E-state index in [1.54, 1.807) is 25.4 Å². The second-order valence-electron chi connectivity index (χ2n) is 7.22. The number of nitrogens with zero attached hydrogens (tertiary/aromatic N) is 1. The molecule has 3 aromatic rings. The molecule has 7 heteroatoms. The number of methoxy groups -OCH3 is 1. The number of hydrogen-bond donors (Lipinski definition) is 2. The maximum absolute atomic E-state index is 12.8. The summed E-state index contributed by atoms with van der Waals surface area (Å²) in [7, 11) is 1.62. The summed E-state index contributed by atoms with van der Waals surface area (Å²) in [5.74, 6) is 2.58. The van der Waals surface area contributed by atoms with Crippen molar-refractivity contribution in [2.75, 3.05) is 32.2 Å². The quantitative estimate of drug-likeness (QED) is 0.425. The third kappa shape index (κ3) is 6.62. The van der Waals surface area contributed by atoms with E-state index in [1.807, 2.05) is 56.3 Å². The fraction of sp³-hybridized carbons (Fsp3) is 0.308. The van der Waals surface area contributed by atoms with E-state index >= 15 is 0 Å². The molecule has 0 spiro atoms. The van der Waals surface area contributed by atoms with Gasteiger partial charge in [0.15, 0.2) is 11.5 Å². The summed E-state index contributed by atoms with van der Waals surface area (Å²) < 4.78 is 16.7. The Morgan fingerprint density at radius 1 is 0.939 bits per heavy atom. The van der Waals surface area contributed by atoms with Crippen LogP contribution in [0.3, 0.4) is 0 Å². The van der Waals surface area contributed by atoms with Gasteiger partial charge in [-0.3, -0.25) is 4.79 Å². The molecule has 1 amide bonds. The summed E-state index contributed by atoms with van der Waals surface area (Å²) in [5, 5.41) is 6.23. The highest BCUT2D eigenvalue weighted by atomic mass is 16.5. The van der Waals surface area contributed by atoms with E-state index in [2.05, 4.69) is 15.6 Å². The maximum Gasteiger partial charge on any atom is 0.255 e. The van der Waals surface area contributed by atoms with Gasteiger partial charge in [0.2, 0.25) is 0 Å². The molecule has 0 fully saturated rings. The van der Waals surface area contributed by atoms with Crippen molar-refractivity contribution in [2.24, 2.45) is 0 Å². The Kier molecular flexibility index (Phi) is 8.94. The fourth-order valence-electron chi connectivity index (χ4n) is 3.43. The molecule has 1 heterocycles. The Balaban J connectivity index is 1.61. The Morgan fingerprint density at radius 2 is 1.73 bits per heavy atom. The summed E-state index contributed by atoms with van der Waals surface area (Å²) in [6.07, 6.45) is 2.41. The van der Waals surface area contributed by atoms with Crippen molar-refractivity contribution < 1.29 is 19.0 Å². The zero-order valence-electron chi connectivity index (χ0n) is 19.4. The number of carbonyl (C=O) groups is 1. The maximum atomic E-state index is 12.8. The van der Waals surface area contributed by atoms with E-state index in [4.69, 9.17) is 14.2 Å². The first-order valence-electron chi connectivity index (χ1n) is 11.1. The molecule has 0 aliphatic heterocycles. The van der Waals surface area contributed by atoms with E-state index in [0.717, 1.165) is 34.8 Å². The predicted octanol–water partition coefficient (Wildman–Crippen LogP) is 4.47. The van der Waals surface area contributed by atoms with Crippen LogP contribution in [0.25, 0.3) is 0 Å². The van der Waals surface area contributed by atoms with Crippen molar-refractivity contribution in [1.29, 1.82) is 0 Å². The number of para-hydroxylation sites is 1. The Hall–Kier alpha value is -3.74. The van der Waals surface area contributed by atoms with Crippen LogP contribution in [0.15, 0.2) is 60.8 Å². The smallest absolute Gasteiger partial charge is 0.255 e. The average Bonchev–Trinajstić information content (AvgIpc) is 2.85. The molecule has 0 aliphatic rings. The Bertz CT molecular complexity index is 1060. The summed E-state index contributed by atoms with van der Waals surface area (Å²) >= 11 is 0. The second-order valence-corrected chi connectivity index (χ2v) is 7.22. The largest absolute Gasteiger partial charge is 0.496 e. The van der Waals surface area contributed by atoms with Crippen LogP contribution in [0.1, 0.15) is 35.3 Å². The minimum Gasteiger partial charge on any atom is -0.496 e. The zero-order valence-corrected chi connectivity index (χ0v) is 19.4. The molecule has 174 valence electrons. The average molecular weight is 450 g/mol. The third-order valence-corrected chi connectivity index (χ3v) is 5.00. The van der Waals surface area contributed by atoms with Crippen molar-refractivity contribution in [3.63, 3.8) is 0 Å². The van der Waals surface area contributed by atoms with Crippen LogP contribution in [-0.2, 0) is 13.0 Å². The van der Waals surface area contributed by atoms with Gasteiger partial charge in [-0.05, 0) is 56.2 Å². The Morgan fingerprint density at radius 3 is 2.52 bits per heavy atom. The zero-order chi connectivity index (χ0) is 23.5. The van der Waals surface area contributed by atoms with Crippen molar-refractivity contribution in [2.45, 2.75) is 26.8 Å². The molecule has 0 aliphatic carbocycles. The first-order valence-corrected chi connectivity index (χ1v) is 11.1. The van der Waals surface area contributed by atoms with E-state index in [-0.39, 0.29) is 5.91 Å². The van der Waals surface area contributed by atoms with Crippen molar-refractivity contribution in [1.82, 2.24) is 10.3 Å². The molecule has 0 radical (unpaired) electrons. The molecule has 7 nitrogen and oxygen atoms in total. The van der Waals surface area contributed by atoms with Gasteiger partial charge in [0.25, 0.3) is 5.91 Å². The van der Waals surface area contributed by atoms with E-state index < -0.39 is 0 Å². The van der Waals surface area contributed by atoms with E-state index in [0.29, 0.717) is 37.7 Å². The molecule has 0 unspecified atom stereocenters. The molecule has 3 rings (SSSR count). The van der Waals surface area contributed by atoms with Crippen LogP contribution in [0.2, 0.25) is 0 Å².